The molecule has 5 heteroatoms. The number of nitrogens with zero attached hydrogens (tertiary/aromatic N) is 3. The fourth-order valence-electron chi connectivity index (χ4n) is 8.39. The lowest BCUT2D eigenvalue weighted by Crippen LogP contribution is -2.50. The molecule has 30 heavy (non-hydrogen) atoms. The summed E-state index contributed by atoms with van der Waals surface area (Å²) in [5, 5.41) is 13.2. The van der Waals surface area contributed by atoms with Crippen LogP contribution in [0.1, 0.15) is 77.2 Å². The number of Topliss-reactive ketones (excluding diaryl/α,β-unsaturated/α-hetero) is 1. The average molecular weight is 426 g/mol. The molecule has 0 aliphatic heterocycles. The van der Waals surface area contributed by atoms with Crippen molar-refractivity contribution in [1.82, 2.24) is 9.78 Å². The Balaban J connectivity index is 1.30. The Morgan fingerprint density at radius 3 is 2.73 bits per heavy atom. The number of nitriles is 1. The smallest absolute Gasteiger partial charge is 0.157 e. The predicted molar refractivity (Wildman–Crippen MR) is 120 cm³/mol. The van der Waals surface area contributed by atoms with Crippen molar-refractivity contribution in [3.05, 3.63) is 18.0 Å². The van der Waals surface area contributed by atoms with E-state index in [4.69, 9.17) is 17.9 Å². The fourth-order valence-corrected chi connectivity index (χ4v) is 8.75. The topological polar surface area (TPSA) is 58.7 Å². The average Bonchev–Trinajstić information content (AvgIpc) is 3.30. The van der Waals surface area contributed by atoms with Crippen molar-refractivity contribution in [3.63, 3.8) is 0 Å². The van der Waals surface area contributed by atoms with Gasteiger partial charge >= 0.3 is 0 Å². The lowest BCUT2D eigenvalue weighted by molar-refractivity contribution is -0.131. The zero-order valence-electron chi connectivity index (χ0n) is 18.4. The van der Waals surface area contributed by atoms with Gasteiger partial charge in [0, 0.05) is 16.9 Å². The summed E-state index contributed by atoms with van der Waals surface area (Å²) < 4.78 is 1.89. The Morgan fingerprint density at radius 1 is 1.17 bits per heavy atom. The Kier molecular flexibility index (Phi) is 5.08. The van der Waals surface area contributed by atoms with Gasteiger partial charge in [-0.15, -0.1) is 0 Å². The fraction of sp³-hybridized carbons (Fsp3) is 0.800. The second-order valence-corrected chi connectivity index (χ2v) is 12.4. The van der Waals surface area contributed by atoms with Crippen LogP contribution in [0.5, 0.6) is 0 Å². The molecule has 4 aliphatic rings. The predicted octanol–water partition coefficient (Wildman–Crippen LogP) is 5.28. The number of rotatable bonds is 3. The minimum Gasteiger partial charge on any atom is -0.297 e. The summed E-state index contributed by atoms with van der Waals surface area (Å²) in [6.07, 6.45) is 14.7. The molecule has 0 spiro atoms. The monoisotopic (exact) mass is 425 g/mol. The van der Waals surface area contributed by atoms with E-state index in [1.54, 1.807) is 17.1 Å². The van der Waals surface area contributed by atoms with Crippen molar-refractivity contribution in [2.45, 2.75) is 82.9 Å². The molecule has 1 heterocycles. The van der Waals surface area contributed by atoms with Crippen molar-refractivity contribution in [2.75, 3.05) is 0 Å². The first kappa shape index (κ1) is 20.6. The summed E-state index contributed by atoms with van der Waals surface area (Å²) in [7, 11) is 0. The third-order valence-electron chi connectivity index (χ3n) is 9.71. The number of thiol groups is 1. The Labute approximate surface area is 186 Å². The van der Waals surface area contributed by atoms with Gasteiger partial charge in [-0.2, -0.15) is 23.0 Å². The van der Waals surface area contributed by atoms with E-state index in [1.807, 2.05) is 0 Å². The summed E-state index contributed by atoms with van der Waals surface area (Å²) in [5.74, 6) is 4.66. The summed E-state index contributed by atoms with van der Waals surface area (Å²) in [4.78, 5) is 13.3. The normalized spacial score (nSPS) is 45.1. The van der Waals surface area contributed by atoms with Gasteiger partial charge in [-0.25, -0.2) is 0 Å². The standard InChI is InChI=1S/C25H35N3OS/c1-24(30)9-7-18-17(11-24)3-4-20-19(18)8-10-25(2)21(20)5-6-22(25)23(29)15-28-14-16(12-26)13-27-28/h13-14,17-22,30H,3-11,15H2,1-2H3/t17-,18+,19-,20-,21+,22-,24-,25+/m1/s1. The van der Waals surface area contributed by atoms with Crippen LogP contribution in [0.15, 0.2) is 12.4 Å². The van der Waals surface area contributed by atoms with Crippen molar-refractivity contribution < 1.29 is 4.79 Å². The van der Waals surface area contributed by atoms with Crippen LogP contribution in [0.2, 0.25) is 0 Å². The molecular formula is C25H35N3OS. The van der Waals surface area contributed by atoms with E-state index < -0.39 is 0 Å². The minimum atomic E-state index is 0.156. The van der Waals surface area contributed by atoms with Crippen LogP contribution in [0.25, 0.3) is 0 Å². The molecule has 0 radical (unpaired) electrons. The van der Waals surface area contributed by atoms with Crippen LogP contribution < -0.4 is 0 Å². The van der Waals surface area contributed by atoms with Crippen LogP contribution in [0, 0.1) is 52.3 Å². The Bertz CT molecular complexity index is 870. The highest BCUT2D eigenvalue weighted by molar-refractivity contribution is 7.81. The van der Waals surface area contributed by atoms with Gasteiger partial charge in [-0.05, 0) is 92.8 Å². The Hall–Kier alpha value is -1.28. The zero-order valence-corrected chi connectivity index (χ0v) is 19.3. The molecule has 0 amide bonds. The van der Waals surface area contributed by atoms with E-state index in [0.29, 0.717) is 23.8 Å². The first-order chi connectivity index (χ1) is 14.3. The van der Waals surface area contributed by atoms with Crippen LogP contribution in [-0.2, 0) is 11.3 Å². The molecule has 0 bridgehead atoms. The van der Waals surface area contributed by atoms with Crippen LogP contribution >= 0.6 is 12.6 Å². The molecule has 5 rings (SSSR count). The maximum Gasteiger partial charge on any atom is 0.157 e. The van der Waals surface area contributed by atoms with E-state index >= 15 is 0 Å². The second-order valence-electron chi connectivity index (χ2n) is 11.4. The summed E-state index contributed by atoms with van der Waals surface area (Å²) in [6, 6.07) is 2.10. The van der Waals surface area contributed by atoms with E-state index in [2.05, 4.69) is 25.0 Å². The van der Waals surface area contributed by atoms with Gasteiger partial charge in [-0.1, -0.05) is 13.8 Å². The minimum absolute atomic E-state index is 0.156. The van der Waals surface area contributed by atoms with Gasteiger partial charge in [0.2, 0.25) is 0 Å². The molecule has 1 aromatic heterocycles. The quantitative estimate of drug-likeness (QED) is 0.670. The molecule has 4 saturated carbocycles. The first-order valence-corrected chi connectivity index (χ1v) is 12.4. The van der Waals surface area contributed by atoms with Crippen LogP contribution in [0.3, 0.4) is 0 Å². The maximum absolute atomic E-state index is 13.3. The number of hydrogen-bond acceptors (Lipinski definition) is 4. The number of ketones is 1. The SMILES string of the molecule is C[C@@]1(S)CC[C@H]2[C@H](CC[C@@H]3[C@@H]2CC[C@]2(C)[C@@H](C(=O)Cn4cc(C#N)cn4)CC[C@@H]32)C1. The molecule has 0 aromatic carbocycles. The molecular weight excluding hydrogens is 390 g/mol. The number of aromatic nitrogens is 2. The van der Waals surface area contributed by atoms with Gasteiger partial charge in [0.1, 0.15) is 6.07 Å². The van der Waals surface area contributed by atoms with Gasteiger partial charge in [-0.3, -0.25) is 9.48 Å². The van der Waals surface area contributed by atoms with Gasteiger partial charge in [0.25, 0.3) is 0 Å². The second kappa shape index (κ2) is 7.40. The van der Waals surface area contributed by atoms with Crippen molar-refractivity contribution >= 4 is 18.4 Å². The summed E-state index contributed by atoms with van der Waals surface area (Å²) >= 11 is 4.95. The third-order valence-corrected chi connectivity index (χ3v) is 10.1. The first-order valence-electron chi connectivity index (χ1n) is 12.0. The highest BCUT2D eigenvalue weighted by Gasteiger charge is 2.58. The number of fused-ring (bicyclic) bond motifs is 5. The van der Waals surface area contributed by atoms with Gasteiger partial charge < -0.3 is 0 Å². The number of carbonyl (C=O) groups is 1. The number of hydrogen-bond donors (Lipinski definition) is 1. The van der Waals surface area contributed by atoms with E-state index in [-0.39, 0.29) is 16.1 Å². The highest BCUT2D eigenvalue weighted by atomic mass is 32.1. The molecule has 0 N–H and O–H groups in total. The molecule has 162 valence electrons. The van der Waals surface area contributed by atoms with Crippen LogP contribution in [-0.4, -0.2) is 20.3 Å². The molecule has 0 unspecified atom stereocenters. The molecule has 4 aliphatic carbocycles. The maximum atomic E-state index is 13.3. The highest BCUT2D eigenvalue weighted by Crippen LogP contribution is 2.65. The molecule has 4 fully saturated rings. The summed E-state index contributed by atoms with van der Waals surface area (Å²) in [5.41, 5.74) is 0.684. The third kappa shape index (κ3) is 3.34. The van der Waals surface area contributed by atoms with Gasteiger partial charge in [0.05, 0.1) is 18.3 Å². The summed E-state index contributed by atoms with van der Waals surface area (Å²) in [6.45, 7) is 5.07. The largest absolute Gasteiger partial charge is 0.297 e. The van der Waals surface area contributed by atoms with Crippen LogP contribution in [0.4, 0.5) is 0 Å². The van der Waals surface area contributed by atoms with E-state index in [9.17, 15) is 4.79 Å². The lowest BCUT2D eigenvalue weighted by atomic mass is 9.49. The zero-order chi connectivity index (χ0) is 21.1. The van der Waals surface area contributed by atoms with Crippen molar-refractivity contribution in [1.29, 1.82) is 5.26 Å². The van der Waals surface area contributed by atoms with E-state index in [0.717, 1.165) is 30.1 Å². The molecule has 0 saturated heterocycles. The van der Waals surface area contributed by atoms with Gasteiger partial charge in [0.15, 0.2) is 5.78 Å². The number of carbonyl (C=O) groups excluding carboxylic acids is 1. The molecule has 8 atom stereocenters. The van der Waals surface area contributed by atoms with E-state index in [1.165, 1.54) is 51.4 Å². The van der Waals surface area contributed by atoms with Crippen molar-refractivity contribution in [3.8, 4) is 6.07 Å². The Morgan fingerprint density at radius 2 is 1.97 bits per heavy atom. The molecule has 4 nitrogen and oxygen atoms in total. The van der Waals surface area contributed by atoms with Crippen molar-refractivity contribution in [2.24, 2.45) is 40.9 Å². The molecule has 1 aromatic rings. The lowest BCUT2D eigenvalue weighted by Gasteiger charge is -2.57.